The SMILES string of the molecule is CN1C(=O)S/C(=C\c2cc(Cl)c(OCc3cccc(F)c3)c(Br)c2)C1=O. The van der Waals surface area contributed by atoms with Crippen molar-refractivity contribution in [2.75, 3.05) is 7.05 Å². The molecule has 1 heterocycles. The summed E-state index contributed by atoms with van der Waals surface area (Å²) in [6.07, 6.45) is 1.60. The number of halogens is 3. The van der Waals surface area contributed by atoms with Crippen molar-refractivity contribution in [3.05, 3.63) is 67.7 Å². The van der Waals surface area contributed by atoms with Gasteiger partial charge in [0.25, 0.3) is 11.1 Å². The fourth-order valence-corrected chi connectivity index (χ4v) is 4.10. The fraction of sp³-hybridized carbons (Fsp3) is 0.111. The third-order valence-corrected chi connectivity index (χ3v) is 5.41. The van der Waals surface area contributed by atoms with Gasteiger partial charge in [0.1, 0.15) is 12.4 Å². The van der Waals surface area contributed by atoms with Crippen molar-refractivity contribution < 1.29 is 18.7 Å². The molecule has 0 unspecified atom stereocenters. The maximum Gasteiger partial charge on any atom is 0.293 e. The van der Waals surface area contributed by atoms with Gasteiger partial charge >= 0.3 is 0 Å². The molecule has 8 heteroatoms. The zero-order valence-corrected chi connectivity index (χ0v) is 16.6. The van der Waals surface area contributed by atoms with Crippen LogP contribution < -0.4 is 4.74 Å². The first-order valence-electron chi connectivity index (χ1n) is 7.43. The highest BCUT2D eigenvalue weighted by molar-refractivity contribution is 9.10. The smallest absolute Gasteiger partial charge is 0.293 e. The molecule has 26 heavy (non-hydrogen) atoms. The first kappa shape index (κ1) is 18.9. The summed E-state index contributed by atoms with van der Waals surface area (Å²) in [5.41, 5.74) is 1.33. The molecule has 0 N–H and O–H groups in total. The highest BCUT2D eigenvalue weighted by Crippen LogP contribution is 2.37. The first-order valence-corrected chi connectivity index (χ1v) is 9.42. The van der Waals surface area contributed by atoms with E-state index in [-0.39, 0.29) is 23.6 Å². The Kier molecular flexibility index (Phi) is 5.70. The molecule has 1 aliphatic rings. The van der Waals surface area contributed by atoms with Crippen LogP contribution in [-0.4, -0.2) is 23.1 Å². The summed E-state index contributed by atoms with van der Waals surface area (Å²) in [7, 11) is 1.44. The number of carbonyl (C=O) groups is 2. The van der Waals surface area contributed by atoms with Gasteiger partial charge in [0.05, 0.1) is 14.4 Å². The molecular formula is C18H12BrClFNO3S. The molecule has 134 valence electrons. The molecule has 1 saturated heterocycles. The van der Waals surface area contributed by atoms with Crippen LogP contribution in [-0.2, 0) is 11.4 Å². The van der Waals surface area contributed by atoms with Gasteiger partial charge in [-0.2, -0.15) is 0 Å². The third kappa shape index (κ3) is 4.11. The van der Waals surface area contributed by atoms with Crippen molar-refractivity contribution >= 4 is 56.5 Å². The minimum Gasteiger partial charge on any atom is -0.486 e. The first-order chi connectivity index (χ1) is 12.3. The van der Waals surface area contributed by atoms with E-state index in [1.807, 2.05) is 0 Å². The van der Waals surface area contributed by atoms with E-state index >= 15 is 0 Å². The Labute approximate surface area is 167 Å². The van der Waals surface area contributed by atoms with Crippen molar-refractivity contribution in [3.63, 3.8) is 0 Å². The average molecular weight is 457 g/mol. The number of nitrogens with zero attached hydrogens (tertiary/aromatic N) is 1. The van der Waals surface area contributed by atoms with Gasteiger partial charge in [-0.1, -0.05) is 23.7 Å². The Morgan fingerprint density at radius 1 is 1.31 bits per heavy atom. The molecule has 0 radical (unpaired) electrons. The van der Waals surface area contributed by atoms with E-state index in [0.29, 0.717) is 31.3 Å². The van der Waals surface area contributed by atoms with Crippen LogP contribution in [0.15, 0.2) is 45.8 Å². The molecule has 1 aliphatic heterocycles. The van der Waals surface area contributed by atoms with Gasteiger partial charge in [-0.15, -0.1) is 0 Å². The number of ether oxygens (including phenoxy) is 1. The molecule has 0 aromatic heterocycles. The summed E-state index contributed by atoms with van der Waals surface area (Å²) in [4.78, 5) is 24.9. The molecule has 0 bridgehead atoms. The molecule has 0 saturated carbocycles. The number of rotatable bonds is 4. The van der Waals surface area contributed by atoms with E-state index < -0.39 is 0 Å². The van der Waals surface area contributed by atoms with Crippen LogP contribution in [0.25, 0.3) is 6.08 Å². The predicted molar refractivity (Wildman–Crippen MR) is 104 cm³/mol. The van der Waals surface area contributed by atoms with Crippen LogP contribution in [0.4, 0.5) is 9.18 Å². The summed E-state index contributed by atoms with van der Waals surface area (Å²) in [5, 5.41) is 0.0132. The number of thioether (sulfide) groups is 1. The summed E-state index contributed by atoms with van der Waals surface area (Å²) in [6.45, 7) is 0.157. The monoisotopic (exact) mass is 455 g/mol. The van der Waals surface area contributed by atoms with Crippen LogP contribution in [0, 0.1) is 5.82 Å². The predicted octanol–water partition coefficient (Wildman–Crippen LogP) is 5.49. The van der Waals surface area contributed by atoms with Gasteiger partial charge in [0, 0.05) is 7.05 Å². The second-order valence-electron chi connectivity index (χ2n) is 5.47. The maximum absolute atomic E-state index is 13.2. The number of carbonyl (C=O) groups excluding carboxylic acids is 2. The van der Waals surface area contributed by atoms with Gasteiger partial charge in [0.15, 0.2) is 5.75 Å². The molecule has 0 atom stereocenters. The lowest BCUT2D eigenvalue weighted by Gasteiger charge is -2.11. The Balaban J connectivity index is 1.80. The molecule has 0 aliphatic carbocycles. The van der Waals surface area contributed by atoms with Gasteiger partial charge in [-0.25, -0.2) is 4.39 Å². The number of likely N-dealkylation sites (N-methyl/N-ethyl adjacent to an activating group) is 1. The van der Waals surface area contributed by atoms with Crippen LogP contribution in [0.3, 0.4) is 0 Å². The van der Waals surface area contributed by atoms with Gasteiger partial charge in [-0.3, -0.25) is 14.5 Å². The third-order valence-electron chi connectivity index (χ3n) is 3.58. The summed E-state index contributed by atoms with van der Waals surface area (Å²) < 4.78 is 19.5. The lowest BCUT2D eigenvalue weighted by molar-refractivity contribution is -0.121. The molecule has 0 spiro atoms. The molecule has 2 aromatic rings. The fourth-order valence-electron chi connectivity index (χ4n) is 2.28. The highest BCUT2D eigenvalue weighted by Gasteiger charge is 2.31. The van der Waals surface area contributed by atoms with E-state index in [1.165, 1.54) is 19.2 Å². The number of hydrogen-bond donors (Lipinski definition) is 0. The molecule has 2 aromatic carbocycles. The largest absolute Gasteiger partial charge is 0.486 e. The minimum atomic E-state index is -0.348. The molecule has 4 nitrogen and oxygen atoms in total. The van der Waals surface area contributed by atoms with Gasteiger partial charge in [-0.05, 0) is 69.2 Å². The normalized spacial score (nSPS) is 15.8. The van der Waals surface area contributed by atoms with Gasteiger partial charge < -0.3 is 4.74 Å². The number of imide groups is 1. The standard InChI is InChI=1S/C18H12BrClFNO3S/c1-22-17(23)15(26-18(22)24)8-11-6-13(19)16(14(20)7-11)25-9-10-3-2-4-12(21)5-10/h2-8H,9H2,1H3/b15-8-. The van der Waals surface area contributed by atoms with Gasteiger partial charge in [0.2, 0.25) is 0 Å². The lowest BCUT2D eigenvalue weighted by Crippen LogP contribution is -2.22. The topological polar surface area (TPSA) is 46.6 Å². The second-order valence-corrected chi connectivity index (χ2v) is 7.73. The van der Waals surface area contributed by atoms with Crippen molar-refractivity contribution in [2.24, 2.45) is 0 Å². The summed E-state index contributed by atoms with van der Waals surface area (Å²) >= 11 is 10.6. The van der Waals surface area contributed by atoms with Crippen molar-refractivity contribution in [2.45, 2.75) is 6.61 Å². The second kappa shape index (κ2) is 7.82. The van der Waals surface area contributed by atoms with Crippen molar-refractivity contribution in [3.8, 4) is 5.75 Å². The Morgan fingerprint density at radius 3 is 2.69 bits per heavy atom. The van der Waals surface area contributed by atoms with E-state index in [2.05, 4.69) is 15.9 Å². The van der Waals surface area contributed by atoms with Crippen molar-refractivity contribution in [1.29, 1.82) is 0 Å². The average Bonchev–Trinajstić information content (AvgIpc) is 2.81. The zero-order valence-electron chi connectivity index (χ0n) is 13.5. The summed E-state index contributed by atoms with van der Waals surface area (Å²) in [6, 6.07) is 9.47. The Morgan fingerprint density at radius 2 is 2.08 bits per heavy atom. The quantitative estimate of drug-likeness (QED) is 0.571. The molecular weight excluding hydrogens is 445 g/mol. The Bertz CT molecular complexity index is 911. The van der Waals surface area contributed by atoms with Crippen molar-refractivity contribution in [1.82, 2.24) is 4.90 Å². The Hall–Kier alpha value is -1.83. The highest BCUT2D eigenvalue weighted by atomic mass is 79.9. The van der Waals surface area contributed by atoms with E-state index in [4.69, 9.17) is 16.3 Å². The maximum atomic E-state index is 13.2. The van der Waals surface area contributed by atoms with Crippen LogP contribution in [0.2, 0.25) is 5.02 Å². The van der Waals surface area contributed by atoms with E-state index in [1.54, 1.807) is 30.3 Å². The van der Waals surface area contributed by atoms with Crippen LogP contribution in [0.5, 0.6) is 5.75 Å². The van der Waals surface area contributed by atoms with E-state index in [9.17, 15) is 14.0 Å². The lowest BCUT2D eigenvalue weighted by atomic mass is 10.2. The number of hydrogen-bond acceptors (Lipinski definition) is 4. The molecule has 1 fully saturated rings. The molecule has 2 amide bonds. The number of benzene rings is 2. The zero-order chi connectivity index (χ0) is 18.8. The number of amides is 2. The van der Waals surface area contributed by atoms with Crippen LogP contribution in [0.1, 0.15) is 11.1 Å². The van der Waals surface area contributed by atoms with E-state index in [0.717, 1.165) is 16.7 Å². The summed E-state index contributed by atoms with van der Waals surface area (Å²) in [5.74, 6) is -0.271. The molecule has 3 rings (SSSR count). The van der Waals surface area contributed by atoms with Crippen LogP contribution >= 0.6 is 39.3 Å². The minimum absolute atomic E-state index is 0.157.